The predicted octanol–water partition coefficient (Wildman–Crippen LogP) is 4.70. The molecule has 0 spiro atoms. The van der Waals surface area contributed by atoms with Crippen molar-refractivity contribution in [2.45, 2.75) is 32.7 Å². The first-order chi connectivity index (χ1) is 8.70. The summed E-state index contributed by atoms with van der Waals surface area (Å²) < 4.78 is 6.38. The van der Waals surface area contributed by atoms with Crippen molar-refractivity contribution in [1.82, 2.24) is 5.32 Å². The van der Waals surface area contributed by atoms with Gasteiger partial charge in [-0.05, 0) is 65.5 Å². The summed E-state index contributed by atoms with van der Waals surface area (Å²) in [4.78, 5) is 1.38. The van der Waals surface area contributed by atoms with Gasteiger partial charge in [0.05, 0.1) is 16.3 Å². The van der Waals surface area contributed by atoms with Gasteiger partial charge in [-0.1, -0.05) is 6.92 Å². The van der Waals surface area contributed by atoms with E-state index in [0.717, 1.165) is 19.4 Å². The second-order valence-corrected chi connectivity index (χ2v) is 6.85. The summed E-state index contributed by atoms with van der Waals surface area (Å²) in [5.41, 5.74) is 2.55. The lowest BCUT2D eigenvalue weighted by Crippen LogP contribution is -2.23. The zero-order valence-corrected chi connectivity index (χ0v) is 13.1. The zero-order chi connectivity index (χ0) is 13.0. The van der Waals surface area contributed by atoms with Crippen LogP contribution in [0.1, 0.15) is 35.4 Å². The molecule has 0 aliphatic carbocycles. The molecule has 0 aromatic carbocycles. The molecular weight excluding hydrogens is 310 g/mol. The van der Waals surface area contributed by atoms with Crippen LogP contribution in [0.25, 0.3) is 0 Å². The molecule has 4 heteroatoms. The molecule has 2 aromatic heterocycles. The molecule has 2 aromatic rings. The van der Waals surface area contributed by atoms with Crippen LogP contribution in [0.2, 0.25) is 0 Å². The molecule has 0 saturated heterocycles. The van der Waals surface area contributed by atoms with E-state index in [9.17, 15) is 0 Å². The maximum absolute atomic E-state index is 5.15. The topological polar surface area (TPSA) is 25.2 Å². The van der Waals surface area contributed by atoms with Crippen molar-refractivity contribution in [2.24, 2.45) is 0 Å². The highest BCUT2D eigenvalue weighted by Crippen LogP contribution is 2.32. The third kappa shape index (κ3) is 3.46. The maximum Gasteiger partial charge on any atom is 0.0935 e. The lowest BCUT2D eigenvalue weighted by Gasteiger charge is -2.16. The smallest absolute Gasteiger partial charge is 0.0935 e. The highest BCUT2D eigenvalue weighted by molar-refractivity contribution is 9.11. The van der Waals surface area contributed by atoms with Gasteiger partial charge in [0.25, 0.3) is 0 Å². The Kier molecular flexibility index (Phi) is 5.03. The summed E-state index contributed by atoms with van der Waals surface area (Å²) in [6.45, 7) is 5.37. The van der Waals surface area contributed by atoms with Crippen molar-refractivity contribution in [3.63, 3.8) is 0 Å². The average Bonchev–Trinajstić information content (AvgIpc) is 2.96. The standard InChI is InChI=1S/C14H18BrNOS/c1-3-5-16-12(8-11-4-6-17-9-11)13-7-10(2)14(15)18-13/h4,6-7,9,12,16H,3,5,8H2,1-2H3. The van der Waals surface area contributed by atoms with Crippen LogP contribution < -0.4 is 5.32 Å². The van der Waals surface area contributed by atoms with Crippen LogP contribution in [-0.2, 0) is 6.42 Å². The van der Waals surface area contributed by atoms with Gasteiger partial charge in [-0.25, -0.2) is 0 Å². The molecule has 98 valence electrons. The van der Waals surface area contributed by atoms with Crippen molar-refractivity contribution in [3.05, 3.63) is 44.4 Å². The first-order valence-electron chi connectivity index (χ1n) is 6.21. The van der Waals surface area contributed by atoms with E-state index in [2.05, 4.69) is 41.2 Å². The molecule has 0 bridgehead atoms. The van der Waals surface area contributed by atoms with Crippen LogP contribution in [0.5, 0.6) is 0 Å². The fraction of sp³-hybridized carbons (Fsp3) is 0.429. The Morgan fingerprint density at radius 2 is 2.33 bits per heavy atom. The highest BCUT2D eigenvalue weighted by Gasteiger charge is 2.15. The fourth-order valence-corrected chi connectivity index (χ4v) is 3.54. The molecule has 2 nitrogen and oxygen atoms in total. The van der Waals surface area contributed by atoms with Gasteiger partial charge in [0.2, 0.25) is 0 Å². The third-order valence-electron chi connectivity index (χ3n) is 2.88. The molecule has 0 saturated carbocycles. The predicted molar refractivity (Wildman–Crippen MR) is 80.2 cm³/mol. The first-order valence-corrected chi connectivity index (χ1v) is 7.82. The number of hydrogen-bond donors (Lipinski definition) is 1. The van der Waals surface area contributed by atoms with Crippen molar-refractivity contribution >= 4 is 27.3 Å². The summed E-state index contributed by atoms with van der Waals surface area (Å²) in [5.74, 6) is 0. The van der Waals surface area contributed by atoms with E-state index in [1.54, 1.807) is 6.26 Å². The van der Waals surface area contributed by atoms with E-state index in [4.69, 9.17) is 4.42 Å². The van der Waals surface area contributed by atoms with Gasteiger partial charge >= 0.3 is 0 Å². The maximum atomic E-state index is 5.15. The number of aryl methyl sites for hydroxylation is 1. The fourth-order valence-electron chi connectivity index (χ4n) is 1.89. The molecule has 0 amide bonds. The molecule has 0 fully saturated rings. The van der Waals surface area contributed by atoms with Crippen molar-refractivity contribution < 1.29 is 4.42 Å². The minimum absolute atomic E-state index is 0.373. The van der Waals surface area contributed by atoms with E-state index < -0.39 is 0 Å². The Balaban J connectivity index is 2.13. The minimum Gasteiger partial charge on any atom is -0.472 e. The van der Waals surface area contributed by atoms with Crippen LogP contribution in [0.3, 0.4) is 0 Å². The number of nitrogens with one attached hydrogen (secondary N) is 1. The van der Waals surface area contributed by atoms with E-state index >= 15 is 0 Å². The number of furan rings is 1. The quantitative estimate of drug-likeness (QED) is 0.832. The van der Waals surface area contributed by atoms with E-state index in [1.807, 2.05) is 23.7 Å². The summed E-state index contributed by atoms with van der Waals surface area (Å²) in [6.07, 6.45) is 5.69. The molecule has 1 atom stereocenters. The number of halogens is 1. The Labute approximate surface area is 121 Å². The number of hydrogen-bond acceptors (Lipinski definition) is 3. The molecule has 0 aliphatic heterocycles. The molecular formula is C14H18BrNOS. The van der Waals surface area contributed by atoms with Gasteiger partial charge in [-0.15, -0.1) is 11.3 Å². The molecule has 2 heterocycles. The Hall–Kier alpha value is -0.580. The summed E-state index contributed by atoms with van der Waals surface area (Å²) in [7, 11) is 0. The molecule has 18 heavy (non-hydrogen) atoms. The van der Waals surface area contributed by atoms with Gasteiger partial charge in [0.1, 0.15) is 0 Å². The Morgan fingerprint density at radius 1 is 1.50 bits per heavy atom. The van der Waals surface area contributed by atoms with Crippen molar-refractivity contribution in [2.75, 3.05) is 6.54 Å². The minimum atomic E-state index is 0.373. The average molecular weight is 328 g/mol. The second kappa shape index (κ2) is 6.55. The monoisotopic (exact) mass is 327 g/mol. The van der Waals surface area contributed by atoms with Gasteiger partial charge < -0.3 is 9.73 Å². The lowest BCUT2D eigenvalue weighted by atomic mass is 10.1. The summed E-state index contributed by atoms with van der Waals surface area (Å²) in [5, 5.41) is 3.61. The van der Waals surface area contributed by atoms with Crippen LogP contribution in [0, 0.1) is 6.92 Å². The van der Waals surface area contributed by atoms with Crippen LogP contribution in [0.15, 0.2) is 32.9 Å². The van der Waals surface area contributed by atoms with E-state index in [-0.39, 0.29) is 0 Å². The van der Waals surface area contributed by atoms with Crippen molar-refractivity contribution in [3.8, 4) is 0 Å². The number of rotatable bonds is 6. The largest absolute Gasteiger partial charge is 0.472 e. The van der Waals surface area contributed by atoms with Gasteiger partial charge in [0.15, 0.2) is 0 Å². The first kappa shape index (κ1) is 13.8. The molecule has 0 radical (unpaired) electrons. The normalized spacial score (nSPS) is 12.8. The molecule has 0 aliphatic rings. The number of thiophene rings is 1. The molecule has 2 rings (SSSR count). The Bertz CT molecular complexity index is 458. The van der Waals surface area contributed by atoms with Gasteiger partial charge in [-0.3, -0.25) is 0 Å². The van der Waals surface area contributed by atoms with E-state index in [0.29, 0.717) is 6.04 Å². The van der Waals surface area contributed by atoms with Crippen LogP contribution in [0.4, 0.5) is 0 Å². The highest BCUT2D eigenvalue weighted by atomic mass is 79.9. The summed E-state index contributed by atoms with van der Waals surface area (Å²) >= 11 is 5.42. The summed E-state index contributed by atoms with van der Waals surface area (Å²) in [6, 6.07) is 4.68. The van der Waals surface area contributed by atoms with Crippen LogP contribution in [-0.4, -0.2) is 6.54 Å². The third-order valence-corrected chi connectivity index (χ3v) is 5.13. The van der Waals surface area contributed by atoms with E-state index in [1.165, 1.54) is 19.8 Å². The van der Waals surface area contributed by atoms with Gasteiger partial charge in [0, 0.05) is 10.9 Å². The van der Waals surface area contributed by atoms with Crippen LogP contribution >= 0.6 is 27.3 Å². The lowest BCUT2D eigenvalue weighted by molar-refractivity contribution is 0.526. The van der Waals surface area contributed by atoms with Crippen molar-refractivity contribution in [1.29, 1.82) is 0 Å². The second-order valence-electron chi connectivity index (χ2n) is 4.45. The Morgan fingerprint density at radius 3 is 2.89 bits per heavy atom. The molecule has 1 unspecified atom stereocenters. The molecule has 1 N–H and O–H groups in total. The SMILES string of the molecule is CCCNC(Cc1ccoc1)c1cc(C)c(Br)s1. The zero-order valence-electron chi connectivity index (χ0n) is 10.7. The van der Waals surface area contributed by atoms with Gasteiger partial charge in [-0.2, -0.15) is 0 Å².